The fraction of sp³-hybridized carbons (Fsp3) is 0.500. The Balaban J connectivity index is 2.54. The molecular weight excluding hydrogens is 212 g/mol. The standard InChI is InChI=1S/C10H14N2O2S/c1-4-14-9(13)8(3)15-10-11-5-7(2)6-12-10/h5-6,8H,4H2,1-3H3. The van der Waals surface area contributed by atoms with E-state index in [1.54, 1.807) is 26.2 Å². The average molecular weight is 226 g/mol. The van der Waals surface area contributed by atoms with Gasteiger partial charge in [0, 0.05) is 12.4 Å². The number of esters is 1. The van der Waals surface area contributed by atoms with Gasteiger partial charge in [-0.15, -0.1) is 0 Å². The van der Waals surface area contributed by atoms with Crippen molar-refractivity contribution in [1.82, 2.24) is 9.97 Å². The molecule has 82 valence electrons. The number of nitrogens with zero attached hydrogens (tertiary/aromatic N) is 2. The molecular formula is C10H14N2O2S. The first-order valence-corrected chi connectivity index (χ1v) is 5.63. The summed E-state index contributed by atoms with van der Waals surface area (Å²) in [6.45, 7) is 5.89. The smallest absolute Gasteiger partial charge is 0.319 e. The fourth-order valence-corrected chi connectivity index (χ4v) is 1.62. The molecule has 0 saturated carbocycles. The van der Waals surface area contributed by atoms with Crippen LogP contribution in [0.1, 0.15) is 19.4 Å². The quantitative estimate of drug-likeness (QED) is 0.445. The highest BCUT2D eigenvalue weighted by atomic mass is 32.2. The van der Waals surface area contributed by atoms with Crippen LogP contribution in [0.4, 0.5) is 0 Å². The lowest BCUT2D eigenvalue weighted by atomic mass is 10.4. The van der Waals surface area contributed by atoms with Gasteiger partial charge in [0.15, 0.2) is 5.16 Å². The molecule has 0 aliphatic heterocycles. The Morgan fingerprint density at radius 3 is 2.67 bits per heavy atom. The topological polar surface area (TPSA) is 52.1 Å². The van der Waals surface area contributed by atoms with Crippen LogP contribution >= 0.6 is 11.8 Å². The fourth-order valence-electron chi connectivity index (χ4n) is 0.907. The first-order valence-electron chi connectivity index (χ1n) is 4.75. The normalized spacial score (nSPS) is 12.2. The molecule has 0 radical (unpaired) electrons. The van der Waals surface area contributed by atoms with Crippen molar-refractivity contribution in [3.63, 3.8) is 0 Å². The second kappa shape index (κ2) is 5.70. The Morgan fingerprint density at radius 2 is 2.13 bits per heavy atom. The SMILES string of the molecule is CCOC(=O)C(C)Sc1ncc(C)cn1. The van der Waals surface area contributed by atoms with Crippen molar-refractivity contribution >= 4 is 17.7 Å². The highest BCUT2D eigenvalue weighted by Crippen LogP contribution is 2.19. The molecule has 1 aromatic heterocycles. The van der Waals surface area contributed by atoms with Crippen LogP contribution in [0.15, 0.2) is 17.6 Å². The second-order valence-electron chi connectivity index (χ2n) is 3.06. The maximum atomic E-state index is 11.3. The van der Waals surface area contributed by atoms with E-state index in [0.717, 1.165) is 5.56 Å². The minimum Gasteiger partial charge on any atom is -0.465 e. The van der Waals surface area contributed by atoms with Crippen LogP contribution in [0.3, 0.4) is 0 Å². The van der Waals surface area contributed by atoms with Gasteiger partial charge < -0.3 is 4.74 Å². The molecule has 1 atom stereocenters. The van der Waals surface area contributed by atoms with Crippen molar-refractivity contribution in [3.05, 3.63) is 18.0 Å². The predicted octanol–water partition coefficient (Wildman–Crippen LogP) is 1.83. The molecule has 0 aliphatic rings. The lowest BCUT2D eigenvalue weighted by Gasteiger charge is -2.08. The molecule has 0 bridgehead atoms. The monoisotopic (exact) mass is 226 g/mol. The minimum atomic E-state index is -0.271. The van der Waals surface area contributed by atoms with Gasteiger partial charge in [-0.25, -0.2) is 9.97 Å². The lowest BCUT2D eigenvalue weighted by molar-refractivity contribution is -0.142. The third kappa shape index (κ3) is 3.87. The third-order valence-electron chi connectivity index (χ3n) is 1.66. The molecule has 5 heteroatoms. The van der Waals surface area contributed by atoms with Gasteiger partial charge in [-0.05, 0) is 26.3 Å². The number of ether oxygens (including phenoxy) is 1. The van der Waals surface area contributed by atoms with Crippen molar-refractivity contribution in [2.45, 2.75) is 31.2 Å². The molecule has 0 amide bonds. The Bertz CT molecular complexity index is 327. The maximum Gasteiger partial charge on any atom is 0.319 e. The number of hydrogen-bond acceptors (Lipinski definition) is 5. The van der Waals surface area contributed by atoms with E-state index in [4.69, 9.17) is 4.74 Å². The zero-order valence-electron chi connectivity index (χ0n) is 9.06. The molecule has 15 heavy (non-hydrogen) atoms. The van der Waals surface area contributed by atoms with Gasteiger partial charge in [-0.2, -0.15) is 0 Å². The summed E-state index contributed by atoms with van der Waals surface area (Å²) in [7, 11) is 0. The van der Waals surface area contributed by atoms with Crippen LogP contribution in [0, 0.1) is 6.92 Å². The Morgan fingerprint density at radius 1 is 1.53 bits per heavy atom. The highest BCUT2D eigenvalue weighted by Gasteiger charge is 2.16. The molecule has 0 fully saturated rings. The van der Waals surface area contributed by atoms with Crippen LogP contribution in [-0.4, -0.2) is 27.8 Å². The molecule has 0 spiro atoms. The zero-order chi connectivity index (χ0) is 11.3. The van der Waals surface area contributed by atoms with Crippen molar-refractivity contribution in [2.24, 2.45) is 0 Å². The van der Waals surface area contributed by atoms with Crippen LogP contribution in [0.2, 0.25) is 0 Å². The van der Waals surface area contributed by atoms with E-state index in [2.05, 4.69) is 9.97 Å². The largest absolute Gasteiger partial charge is 0.465 e. The van der Waals surface area contributed by atoms with Gasteiger partial charge in [0.25, 0.3) is 0 Å². The molecule has 1 heterocycles. The summed E-state index contributed by atoms with van der Waals surface area (Å²) in [6, 6.07) is 0. The van der Waals surface area contributed by atoms with E-state index in [1.807, 2.05) is 6.92 Å². The molecule has 1 aromatic rings. The van der Waals surface area contributed by atoms with Crippen molar-refractivity contribution < 1.29 is 9.53 Å². The summed E-state index contributed by atoms with van der Waals surface area (Å²) in [6.07, 6.45) is 3.46. The van der Waals surface area contributed by atoms with Crippen LogP contribution in [0.25, 0.3) is 0 Å². The Kier molecular flexibility index (Phi) is 4.55. The average Bonchev–Trinajstić information content (AvgIpc) is 2.22. The van der Waals surface area contributed by atoms with Gasteiger partial charge in [0.2, 0.25) is 0 Å². The molecule has 1 rings (SSSR count). The predicted molar refractivity (Wildman–Crippen MR) is 58.7 cm³/mol. The van der Waals surface area contributed by atoms with Gasteiger partial charge in [0.1, 0.15) is 5.25 Å². The van der Waals surface area contributed by atoms with E-state index >= 15 is 0 Å². The molecule has 0 saturated heterocycles. The molecule has 0 N–H and O–H groups in total. The Labute approximate surface area is 93.5 Å². The van der Waals surface area contributed by atoms with Crippen LogP contribution < -0.4 is 0 Å². The van der Waals surface area contributed by atoms with Gasteiger partial charge in [0.05, 0.1) is 6.61 Å². The second-order valence-corrected chi connectivity index (χ2v) is 4.36. The van der Waals surface area contributed by atoms with E-state index in [-0.39, 0.29) is 11.2 Å². The van der Waals surface area contributed by atoms with E-state index in [0.29, 0.717) is 11.8 Å². The van der Waals surface area contributed by atoms with Crippen LogP contribution in [-0.2, 0) is 9.53 Å². The van der Waals surface area contributed by atoms with Crippen molar-refractivity contribution in [2.75, 3.05) is 6.61 Å². The van der Waals surface area contributed by atoms with E-state index in [1.165, 1.54) is 11.8 Å². The van der Waals surface area contributed by atoms with Gasteiger partial charge in [-0.3, -0.25) is 4.79 Å². The lowest BCUT2D eigenvalue weighted by Crippen LogP contribution is -2.17. The van der Waals surface area contributed by atoms with E-state index < -0.39 is 0 Å². The number of hydrogen-bond donors (Lipinski definition) is 0. The number of carbonyl (C=O) groups excluding carboxylic acids is 1. The van der Waals surface area contributed by atoms with Crippen molar-refractivity contribution in [3.8, 4) is 0 Å². The van der Waals surface area contributed by atoms with Gasteiger partial charge >= 0.3 is 5.97 Å². The summed E-state index contributed by atoms with van der Waals surface area (Å²) in [4.78, 5) is 19.5. The molecule has 4 nitrogen and oxygen atoms in total. The molecule has 0 aromatic carbocycles. The summed E-state index contributed by atoms with van der Waals surface area (Å²) in [5.74, 6) is -0.230. The first kappa shape index (κ1) is 12.0. The number of aromatic nitrogens is 2. The highest BCUT2D eigenvalue weighted by molar-refractivity contribution is 8.00. The summed E-state index contributed by atoms with van der Waals surface area (Å²) < 4.78 is 4.88. The molecule has 1 unspecified atom stereocenters. The Hall–Kier alpha value is -1.10. The summed E-state index contributed by atoms with van der Waals surface area (Å²) >= 11 is 1.30. The number of aryl methyl sites for hydroxylation is 1. The van der Waals surface area contributed by atoms with Gasteiger partial charge in [-0.1, -0.05) is 11.8 Å². The number of rotatable bonds is 4. The molecule has 0 aliphatic carbocycles. The minimum absolute atomic E-state index is 0.230. The number of thioether (sulfide) groups is 1. The third-order valence-corrected chi connectivity index (χ3v) is 2.63. The van der Waals surface area contributed by atoms with Crippen LogP contribution in [0.5, 0.6) is 0 Å². The van der Waals surface area contributed by atoms with Crippen molar-refractivity contribution in [1.29, 1.82) is 0 Å². The zero-order valence-corrected chi connectivity index (χ0v) is 9.87. The number of carbonyl (C=O) groups is 1. The summed E-state index contributed by atoms with van der Waals surface area (Å²) in [5.41, 5.74) is 1.00. The summed E-state index contributed by atoms with van der Waals surface area (Å²) in [5, 5.41) is 0.328. The maximum absolute atomic E-state index is 11.3. The first-order chi connectivity index (χ1) is 7.13. The van der Waals surface area contributed by atoms with E-state index in [9.17, 15) is 4.79 Å².